The lowest BCUT2D eigenvalue weighted by atomic mass is 10.1. The fourth-order valence-electron chi connectivity index (χ4n) is 3.65. The van der Waals surface area contributed by atoms with Crippen molar-refractivity contribution in [3.8, 4) is 0 Å². The minimum absolute atomic E-state index is 0.346. The quantitative estimate of drug-likeness (QED) is 0.695. The number of pyridine rings is 1. The van der Waals surface area contributed by atoms with Crippen LogP contribution < -0.4 is 5.32 Å². The first-order valence-electron chi connectivity index (χ1n) is 9.51. The van der Waals surface area contributed by atoms with Gasteiger partial charge < -0.3 is 10.1 Å². The molecule has 0 aliphatic heterocycles. The summed E-state index contributed by atoms with van der Waals surface area (Å²) in [4.78, 5) is 29.6. The molecular formula is C23H22N2O3. The van der Waals surface area contributed by atoms with Crippen LogP contribution in [0.15, 0.2) is 48.5 Å². The van der Waals surface area contributed by atoms with Crippen LogP contribution in [-0.4, -0.2) is 23.0 Å². The fourth-order valence-corrected chi connectivity index (χ4v) is 3.65. The van der Waals surface area contributed by atoms with Crippen molar-refractivity contribution in [2.75, 3.05) is 5.32 Å². The zero-order chi connectivity index (χ0) is 19.7. The number of benzene rings is 2. The highest BCUT2D eigenvalue weighted by Crippen LogP contribution is 2.25. The average molecular weight is 374 g/mol. The fraction of sp³-hybridized carbons (Fsp3) is 0.261. The molecule has 1 heterocycles. The number of aromatic nitrogens is 1. The lowest BCUT2D eigenvalue weighted by Gasteiger charge is -2.15. The minimum atomic E-state index is -0.909. The number of hydrogen-bond acceptors (Lipinski definition) is 4. The Morgan fingerprint density at radius 1 is 1.07 bits per heavy atom. The van der Waals surface area contributed by atoms with Crippen molar-refractivity contribution in [2.24, 2.45) is 0 Å². The Kier molecular flexibility index (Phi) is 4.82. The molecule has 0 saturated heterocycles. The molecule has 1 amide bonds. The Bertz CT molecular complexity index is 1070. The zero-order valence-corrected chi connectivity index (χ0v) is 16.0. The highest BCUT2D eigenvalue weighted by atomic mass is 16.5. The van der Waals surface area contributed by atoms with Gasteiger partial charge in [-0.25, -0.2) is 4.79 Å². The van der Waals surface area contributed by atoms with Crippen LogP contribution in [0.3, 0.4) is 0 Å². The first kappa shape index (κ1) is 18.2. The van der Waals surface area contributed by atoms with E-state index < -0.39 is 12.1 Å². The van der Waals surface area contributed by atoms with Crippen molar-refractivity contribution in [3.63, 3.8) is 0 Å². The number of aryl methyl sites for hydroxylation is 3. The SMILES string of the molecule is Cc1cc(C(=O)O[C@H](C)C(=O)Nc2ccc3c(c2)CCC3)c2ccccc2n1. The Hall–Kier alpha value is -3.21. The molecule has 142 valence electrons. The van der Waals surface area contributed by atoms with Crippen LogP contribution >= 0.6 is 0 Å². The molecule has 5 nitrogen and oxygen atoms in total. The molecule has 0 unspecified atom stereocenters. The molecule has 1 aliphatic carbocycles. The van der Waals surface area contributed by atoms with E-state index >= 15 is 0 Å². The van der Waals surface area contributed by atoms with Crippen molar-refractivity contribution in [2.45, 2.75) is 39.2 Å². The number of ether oxygens (including phenoxy) is 1. The molecular weight excluding hydrogens is 352 g/mol. The second-order valence-electron chi connectivity index (χ2n) is 7.20. The topological polar surface area (TPSA) is 68.3 Å². The van der Waals surface area contributed by atoms with Gasteiger partial charge in [-0.1, -0.05) is 24.3 Å². The number of carbonyl (C=O) groups is 2. The summed E-state index contributed by atoms with van der Waals surface area (Å²) in [5.74, 6) is -0.875. The molecule has 28 heavy (non-hydrogen) atoms. The summed E-state index contributed by atoms with van der Waals surface area (Å²) in [5.41, 5.74) is 5.23. The monoisotopic (exact) mass is 374 g/mol. The molecule has 0 radical (unpaired) electrons. The summed E-state index contributed by atoms with van der Waals surface area (Å²) in [6.45, 7) is 3.41. The van der Waals surface area contributed by atoms with Crippen LogP contribution in [0, 0.1) is 6.92 Å². The van der Waals surface area contributed by atoms with Gasteiger partial charge in [0.25, 0.3) is 5.91 Å². The van der Waals surface area contributed by atoms with Crippen molar-refractivity contribution < 1.29 is 14.3 Å². The number of carbonyl (C=O) groups excluding carboxylic acids is 2. The summed E-state index contributed by atoms with van der Waals surface area (Å²) >= 11 is 0. The van der Waals surface area contributed by atoms with Gasteiger partial charge in [-0.15, -0.1) is 0 Å². The van der Waals surface area contributed by atoms with Gasteiger partial charge in [0.15, 0.2) is 6.10 Å². The Morgan fingerprint density at radius 3 is 2.71 bits per heavy atom. The van der Waals surface area contributed by atoms with Crippen molar-refractivity contribution >= 4 is 28.5 Å². The molecule has 1 N–H and O–H groups in total. The van der Waals surface area contributed by atoms with E-state index in [4.69, 9.17) is 4.74 Å². The number of fused-ring (bicyclic) bond motifs is 2. The highest BCUT2D eigenvalue weighted by Gasteiger charge is 2.21. The molecule has 5 heteroatoms. The third-order valence-electron chi connectivity index (χ3n) is 5.08. The van der Waals surface area contributed by atoms with Crippen LogP contribution in [0.25, 0.3) is 10.9 Å². The van der Waals surface area contributed by atoms with Crippen molar-refractivity contribution in [3.05, 3.63) is 70.9 Å². The standard InChI is InChI=1S/C23H22N2O3/c1-14-12-20(19-8-3-4-9-21(19)24-14)23(27)28-15(2)22(26)25-18-11-10-16-6-5-7-17(16)13-18/h3-4,8-13,15H,5-7H2,1-2H3,(H,25,26)/t15-/m1/s1. The van der Waals surface area contributed by atoms with Gasteiger partial charge in [0, 0.05) is 16.8 Å². The first-order valence-corrected chi connectivity index (χ1v) is 9.51. The smallest absolute Gasteiger partial charge is 0.339 e. The average Bonchev–Trinajstić information content (AvgIpc) is 3.15. The van der Waals surface area contributed by atoms with E-state index in [-0.39, 0.29) is 5.91 Å². The Labute approximate surface area is 163 Å². The predicted molar refractivity (Wildman–Crippen MR) is 108 cm³/mol. The van der Waals surface area contributed by atoms with Crippen LogP contribution in [0.4, 0.5) is 5.69 Å². The Morgan fingerprint density at radius 2 is 1.86 bits per heavy atom. The predicted octanol–water partition coefficient (Wildman–Crippen LogP) is 4.22. The largest absolute Gasteiger partial charge is 0.449 e. The molecule has 3 aromatic rings. The summed E-state index contributed by atoms with van der Waals surface area (Å²) in [7, 11) is 0. The van der Waals surface area contributed by atoms with Gasteiger partial charge in [-0.2, -0.15) is 0 Å². The van der Waals surface area contributed by atoms with Gasteiger partial charge in [0.2, 0.25) is 0 Å². The molecule has 2 aromatic carbocycles. The maximum absolute atomic E-state index is 12.7. The highest BCUT2D eigenvalue weighted by molar-refractivity contribution is 6.05. The second-order valence-corrected chi connectivity index (χ2v) is 7.20. The second kappa shape index (κ2) is 7.43. The minimum Gasteiger partial charge on any atom is -0.449 e. The molecule has 1 aliphatic rings. The van der Waals surface area contributed by atoms with Gasteiger partial charge in [-0.3, -0.25) is 9.78 Å². The van der Waals surface area contributed by atoms with E-state index in [0.717, 1.165) is 36.2 Å². The lowest BCUT2D eigenvalue weighted by molar-refractivity contribution is -0.123. The number of rotatable bonds is 4. The van der Waals surface area contributed by atoms with E-state index in [0.29, 0.717) is 10.9 Å². The Balaban J connectivity index is 1.48. The molecule has 4 rings (SSSR count). The summed E-state index contributed by atoms with van der Waals surface area (Å²) in [6, 6.07) is 15.1. The number of anilines is 1. The number of amides is 1. The summed E-state index contributed by atoms with van der Waals surface area (Å²) < 4.78 is 5.45. The number of esters is 1. The van der Waals surface area contributed by atoms with E-state index in [1.807, 2.05) is 43.3 Å². The normalized spacial score (nSPS) is 13.8. The van der Waals surface area contributed by atoms with E-state index in [9.17, 15) is 9.59 Å². The molecule has 0 fully saturated rings. The van der Waals surface area contributed by atoms with Crippen molar-refractivity contribution in [1.29, 1.82) is 0 Å². The molecule has 0 spiro atoms. The summed E-state index contributed by atoms with van der Waals surface area (Å²) in [6.07, 6.45) is 2.38. The summed E-state index contributed by atoms with van der Waals surface area (Å²) in [5, 5.41) is 3.56. The van der Waals surface area contributed by atoms with Gasteiger partial charge in [0.1, 0.15) is 0 Å². The van der Waals surface area contributed by atoms with Crippen LogP contribution in [0.5, 0.6) is 0 Å². The lowest BCUT2D eigenvalue weighted by Crippen LogP contribution is -2.30. The number of para-hydroxylation sites is 1. The first-order chi connectivity index (χ1) is 13.5. The van der Waals surface area contributed by atoms with E-state index in [1.54, 1.807) is 13.0 Å². The molecule has 1 aromatic heterocycles. The van der Waals surface area contributed by atoms with Crippen LogP contribution in [-0.2, 0) is 22.4 Å². The van der Waals surface area contributed by atoms with Crippen LogP contribution in [0.1, 0.15) is 40.5 Å². The van der Waals surface area contributed by atoms with E-state index in [2.05, 4.69) is 16.4 Å². The van der Waals surface area contributed by atoms with Gasteiger partial charge >= 0.3 is 5.97 Å². The maximum Gasteiger partial charge on any atom is 0.339 e. The number of hydrogen-bond donors (Lipinski definition) is 1. The molecule has 0 saturated carbocycles. The van der Waals surface area contributed by atoms with Gasteiger partial charge in [-0.05, 0) is 68.5 Å². The van der Waals surface area contributed by atoms with Crippen LogP contribution in [0.2, 0.25) is 0 Å². The molecule has 1 atom stereocenters. The molecule has 0 bridgehead atoms. The van der Waals surface area contributed by atoms with E-state index in [1.165, 1.54) is 11.1 Å². The third kappa shape index (κ3) is 3.60. The maximum atomic E-state index is 12.7. The number of nitrogens with one attached hydrogen (secondary N) is 1. The van der Waals surface area contributed by atoms with Crippen molar-refractivity contribution in [1.82, 2.24) is 4.98 Å². The zero-order valence-electron chi connectivity index (χ0n) is 16.0. The third-order valence-corrected chi connectivity index (χ3v) is 5.08. The number of nitrogens with zero attached hydrogens (tertiary/aromatic N) is 1. The van der Waals surface area contributed by atoms with Gasteiger partial charge in [0.05, 0.1) is 11.1 Å².